The average Bonchev–Trinajstić information content (AvgIpc) is 2.36. The van der Waals surface area contributed by atoms with E-state index >= 15 is 0 Å². The molecule has 8 nitrogen and oxygen atoms in total. The number of aryl methyl sites for hydroxylation is 1. The van der Waals surface area contributed by atoms with Gasteiger partial charge in [-0.05, 0) is 19.4 Å². The first-order valence-corrected chi connectivity index (χ1v) is 8.41. The number of hydrogen-bond acceptors (Lipinski definition) is 6. The van der Waals surface area contributed by atoms with Crippen LogP contribution in [0.5, 0.6) is 0 Å². The van der Waals surface area contributed by atoms with Gasteiger partial charge in [0.1, 0.15) is 11.5 Å². The number of anilines is 1. The summed E-state index contributed by atoms with van der Waals surface area (Å²) in [6.07, 6.45) is 1.81. The summed E-state index contributed by atoms with van der Waals surface area (Å²) in [4.78, 5) is 14.3. The highest BCUT2D eigenvalue weighted by molar-refractivity contribution is 7.88. The third kappa shape index (κ3) is 5.27. The van der Waals surface area contributed by atoms with Crippen molar-refractivity contribution in [1.82, 2.24) is 9.29 Å². The summed E-state index contributed by atoms with van der Waals surface area (Å²) in [6.45, 7) is 4.76. The second-order valence-electron chi connectivity index (χ2n) is 4.59. The maximum absolute atomic E-state index is 11.4. The van der Waals surface area contributed by atoms with E-state index in [1.165, 1.54) is 16.6 Å². The van der Waals surface area contributed by atoms with Crippen molar-refractivity contribution in [3.8, 4) is 0 Å². The molecular weight excluding hydrogens is 296 g/mol. The molecule has 0 aliphatic rings. The lowest BCUT2D eigenvalue weighted by Crippen LogP contribution is -2.31. The van der Waals surface area contributed by atoms with E-state index in [4.69, 9.17) is 0 Å². The minimum atomic E-state index is -3.17. The van der Waals surface area contributed by atoms with Gasteiger partial charge in [0, 0.05) is 25.7 Å². The Morgan fingerprint density at radius 2 is 2.10 bits per heavy atom. The number of sulfonamides is 1. The highest BCUT2D eigenvalue weighted by Crippen LogP contribution is 2.17. The van der Waals surface area contributed by atoms with Crippen molar-refractivity contribution >= 4 is 21.5 Å². The van der Waals surface area contributed by atoms with Gasteiger partial charge in [0.2, 0.25) is 10.0 Å². The van der Waals surface area contributed by atoms with E-state index in [0.29, 0.717) is 37.6 Å². The van der Waals surface area contributed by atoms with E-state index in [0.717, 1.165) is 0 Å². The number of nitrogens with one attached hydrogen (secondary N) is 1. The molecule has 21 heavy (non-hydrogen) atoms. The number of hydrogen-bond donors (Lipinski definition) is 1. The molecule has 0 unspecified atom stereocenters. The minimum absolute atomic E-state index is 0.0187. The van der Waals surface area contributed by atoms with Crippen molar-refractivity contribution in [3.05, 3.63) is 27.9 Å². The normalized spacial score (nSPS) is 11.6. The van der Waals surface area contributed by atoms with Crippen LogP contribution < -0.4 is 5.32 Å². The smallest absolute Gasteiger partial charge is 0.290 e. The summed E-state index contributed by atoms with van der Waals surface area (Å²) in [5.74, 6) is 0.542. The van der Waals surface area contributed by atoms with Crippen LogP contribution in [0.3, 0.4) is 0 Å². The molecule has 1 aromatic rings. The van der Waals surface area contributed by atoms with Crippen molar-refractivity contribution in [3.63, 3.8) is 0 Å². The van der Waals surface area contributed by atoms with E-state index in [-0.39, 0.29) is 5.69 Å². The molecule has 1 aromatic heterocycles. The molecule has 0 aliphatic carbocycles. The van der Waals surface area contributed by atoms with Crippen LogP contribution in [0.1, 0.15) is 19.0 Å². The summed E-state index contributed by atoms with van der Waals surface area (Å²) in [6, 6.07) is 2.94. The number of aromatic nitrogens is 1. The lowest BCUT2D eigenvalue weighted by Gasteiger charge is -2.17. The number of pyridine rings is 1. The van der Waals surface area contributed by atoms with Gasteiger partial charge in [-0.1, -0.05) is 6.92 Å². The Hall–Kier alpha value is -1.74. The molecule has 0 radical (unpaired) electrons. The molecule has 1 heterocycles. The van der Waals surface area contributed by atoms with Crippen LogP contribution in [-0.2, 0) is 10.0 Å². The molecule has 0 atom stereocenters. The van der Waals surface area contributed by atoms with Gasteiger partial charge < -0.3 is 5.32 Å². The molecule has 0 aliphatic heterocycles. The van der Waals surface area contributed by atoms with E-state index in [9.17, 15) is 18.5 Å². The molecule has 9 heteroatoms. The van der Waals surface area contributed by atoms with E-state index in [1.54, 1.807) is 19.9 Å². The maximum Gasteiger partial charge on any atom is 0.290 e. The number of nitro groups is 1. The Bertz CT molecular complexity index is 603. The lowest BCUT2D eigenvalue weighted by atomic mass is 10.3. The van der Waals surface area contributed by atoms with Crippen molar-refractivity contribution in [2.75, 3.05) is 31.2 Å². The van der Waals surface area contributed by atoms with Gasteiger partial charge in [0.25, 0.3) is 5.69 Å². The second kappa shape index (κ2) is 7.32. The number of rotatable bonds is 8. The van der Waals surface area contributed by atoms with Crippen molar-refractivity contribution in [1.29, 1.82) is 0 Å². The summed E-state index contributed by atoms with van der Waals surface area (Å²) < 4.78 is 24.2. The third-order valence-electron chi connectivity index (χ3n) is 2.97. The van der Waals surface area contributed by atoms with Crippen LogP contribution in [0.15, 0.2) is 12.1 Å². The number of nitrogens with zero attached hydrogens (tertiary/aromatic N) is 3. The fourth-order valence-electron chi connectivity index (χ4n) is 1.88. The fourth-order valence-corrected chi connectivity index (χ4v) is 2.81. The topological polar surface area (TPSA) is 105 Å². The van der Waals surface area contributed by atoms with Gasteiger partial charge in [0.05, 0.1) is 11.2 Å². The molecule has 1 N–H and O–H groups in total. The summed E-state index contributed by atoms with van der Waals surface area (Å²) in [5, 5.41) is 13.7. The Morgan fingerprint density at radius 3 is 2.57 bits per heavy atom. The monoisotopic (exact) mass is 316 g/mol. The molecule has 0 amide bonds. The molecular formula is C12H20N4O4S. The van der Waals surface area contributed by atoms with Crippen LogP contribution in [-0.4, -0.2) is 48.5 Å². The molecule has 0 fully saturated rings. The SMILES string of the molecule is CCN(CCCNc1ccc([N+](=O)[O-])c(C)n1)S(C)(=O)=O. The fraction of sp³-hybridized carbons (Fsp3) is 0.583. The Labute approximate surface area is 124 Å². The van der Waals surface area contributed by atoms with Gasteiger partial charge in [-0.15, -0.1) is 0 Å². The zero-order chi connectivity index (χ0) is 16.0. The molecule has 0 saturated heterocycles. The predicted octanol–water partition coefficient (Wildman–Crippen LogP) is 1.38. The molecule has 1 rings (SSSR count). The van der Waals surface area contributed by atoms with E-state index in [2.05, 4.69) is 10.3 Å². The van der Waals surface area contributed by atoms with Crippen molar-refractivity contribution in [2.24, 2.45) is 0 Å². The van der Waals surface area contributed by atoms with Crippen molar-refractivity contribution < 1.29 is 13.3 Å². The standard InChI is InChI=1S/C12H20N4O4S/c1-4-15(21(3,19)20)9-5-8-13-12-7-6-11(16(17)18)10(2)14-12/h6-7H,4-5,8-9H2,1-3H3,(H,13,14). The van der Waals surface area contributed by atoms with Crippen LogP contribution in [0.25, 0.3) is 0 Å². The van der Waals surface area contributed by atoms with E-state index < -0.39 is 14.9 Å². The van der Waals surface area contributed by atoms with Gasteiger partial charge >= 0.3 is 0 Å². The van der Waals surface area contributed by atoms with Crippen LogP contribution in [0.2, 0.25) is 0 Å². The van der Waals surface area contributed by atoms with Gasteiger partial charge in [0.15, 0.2) is 0 Å². The zero-order valence-corrected chi connectivity index (χ0v) is 13.2. The van der Waals surface area contributed by atoms with Crippen LogP contribution in [0.4, 0.5) is 11.5 Å². The average molecular weight is 316 g/mol. The van der Waals surface area contributed by atoms with Gasteiger partial charge in [-0.3, -0.25) is 10.1 Å². The molecule has 0 spiro atoms. The maximum atomic E-state index is 11.4. The summed E-state index contributed by atoms with van der Waals surface area (Å²) in [5.41, 5.74) is 0.325. The summed E-state index contributed by atoms with van der Waals surface area (Å²) >= 11 is 0. The highest BCUT2D eigenvalue weighted by atomic mass is 32.2. The van der Waals surface area contributed by atoms with Gasteiger partial charge in [-0.2, -0.15) is 0 Å². The first-order valence-electron chi connectivity index (χ1n) is 6.56. The third-order valence-corrected chi connectivity index (χ3v) is 4.35. The van der Waals surface area contributed by atoms with Gasteiger partial charge in [-0.25, -0.2) is 17.7 Å². The zero-order valence-electron chi connectivity index (χ0n) is 12.4. The van der Waals surface area contributed by atoms with Crippen LogP contribution in [0, 0.1) is 17.0 Å². The largest absolute Gasteiger partial charge is 0.370 e. The first kappa shape index (κ1) is 17.3. The quantitative estimate of drug-likeness (QED) is 0.441. The molecule has 118 valence electrons. The second-order valence-corrected chi connectivity index (χ2v) is 6.58. The lowest BCUT2D eigenvalue weighted by molar-refractivity contribution is -0.385. The minimum Gasteiger partial charge on any atom is -0.370 e. The summed E-state index contributed by atoms with van der Waals surface area (Å²) in [7, 11) is -3.17. The first-order chi connectivity index (χ1) is 9.75. The highest BCUT2D eigenvalue weighted by Gasteiger charge is 2.14. The van der Waals surface area contributed by atoms with E-state index in [1.807, 2.05) is 0 Å². The Kier molecular flexibility index (Phi) is 6.03. The van der Waals surface area contributed by atoms with Crippen LogP contribution >= 0.6 is 0 Å². The Balaban J connectivity index is 2.50. The molecule has 0 saturated carbocycles. The molecule has 0 aromatic carbocycles. The Morgan fingerprint density at radius 1 is 1.43 bits per heavy atom. The van der Waals surface area contributed by atoms with Crippen molar-refractivity contribution in [2.45, 2.75) is 20.3 Å². The predicted molar refractivity (Wildman–Crippen MR) is 80.8 cm³/mol. The molecule has 0 bridgehead atoms.